The lowest BCUT2D eigenvalue weighted by atomic mass is 10.0. The molecule has 5 heteroatoms. The van der Waals surface area contributed by atoms with Crippen molar-refractivity contribution < 1.29 is 18.3 Å². The quantitative estimate of drug-likeness (QED) is 0.831. The number of hydrogen-bond acceptors (Lipinski definition) is 1. The molecule has 0 saturated heterocycles. The average Bonchev–Trinajstić information content (AvgIpc) is 2.14. The first-order valence-electron chi connectivity index (χ1n) is 4.40. The predicted octanol–water partition coefficient (Wildman–Crippen LogP) is 3.80. The van der Waals surface area contributed by atoms with Gasteiger partial charge in [0.25, 0.3) is 0 Å². The minimum atomic E-state index is -4.44. The van der Waals surface area contributed by atoms with Crippen molar-refractivity contribution >= 4 is 11.6 Å². The summed E-state index contributed by atoms with van der Waals surface area (Å²) in [5.74, 6) is 0. The maximum Gasteiger partial charge on any atom is 0.416 e. The van der Waals surface area contributed by atoms with Crippen molar-refractivity contribution in [3.63, 3.8) is 0 Å². The molecule has 0 bridgehead atoms. The standard InChI is InChI=1S/C10H10ClF3O/c1-2-9(15)6-3-7(10(12,13)14)5-8(11)4-6/h3-5,9,15H,2H2,1H3. The van der Waals surface area contributed by atoms with E-state index >= 15 is 0 Å². The third kappa shape index (κ3) is 3.11. The molecule has 0 radical (unpaired) electrons. The topological polar surface area (TPSA) is 20.2 Å². The molecule has 1 N–H and O–H groups in total. The monoisotopic (exact) mass is 238 g/mol. The summed E-state index contributed by atoms with van der Waals surface area (Å²) in [5, 5.41) is 9.40. The number of hydrogen-bond donors (Lipinski definition) is 1. The van der Waals surface area contributed by atoms with Crippen LogP contribution in [0.15, 0.2) is 18.2 Å². The second-order valence-corrected chi connectivity index (χ2v) is 3.63. The Labute approximate surface area is 90.5 Å². The number of halogens is 4. The van der Waals surface area contributed by atoms with Crippen LogP contribution in [0.25, 0.3) is 0 Å². The minimum absolute atomic E-state index is 0.0210. The molecule has 0 amide bonds. The summed E-state index contributed by atoms with van der Waals surface area (Å²) in [6.07, 6.45) is -5.00. The first-order chi connectivity index (χ1) is 6.84. The third-order valence-corrected chi connectivity index (χ3v) is 2.24. The van der Waals surface area contributed by atoms with Gasteiger partial charge in [0.2, 0.25) is 0 Å². The zero-order chi connectivity index (χ0) is 11.6. The van der Waals surface area contributed by atoms with E-state index in [0.29, 0.717) is 6.42 Å². The van der Waals surface area contributed by atoms with Crippen molar-refractivity contribution in [2.75, 3.05) is 0 Å². The van der Waals surface area contributed by atoms with Gasteiger partial charge in [-0.15, -0.1) is 0 Å². The van der Waals surface area contributed by atoms with Crippen LogP contribution in [-0.4, -0.2) is 5.11 Å². The number of benzene rings is 1. The Hall–Kier alpha value is -0.740. The Bertz CT molecular complexity index is 349. The van der Waals surface area contributed by atoms with Crippen molar-refractivity contribution in [3.05, 3.63) is 34.3 Å². The Morgan fingerprint density at radius 3 is 2.40 bits per heavy atom. The molecular formula is C10H10ClF3O. The van der Waals surface area contributed by atoms with Crippen molar-refractivity contribution in [1.82, 2.24) is 0 Å². The molecule has 1 atom stereocenters. The van der Waals surface area contributed by atoms with Crippen LogP contribution in [0.5, 0.6) is 0 Å². The molecule has 1 aromatic carbocycles. The van der Waals surface area contributed by atoms with Gasteiger partial charge in [0.1, 0.15) is 0 Å². The molecule has 0 aliphatic carbocycles. The second-order valence-electron chi connectivity index (χ2n) is 3.20. The second kappa shape index (κ2) is 4.41. The van der Waals surface area contributed by atoms with Crippen molar-refractivity contribution in [3.8, 4) is 0 Å². The van der Waals surface area contributed by atoms with E-state index < -0.39 is 17.8 Å². The van der Waals surface area contributed by atoms with Crippen LogP contribution < -0.4 is 0 Å². The number of aliphatic hydroxyl groups excluding tert-OH is 1. The summed E-state index contributed by atoms with van der Waals surface area (Å²) in [6, 6.07) is 3.10. The Morgan fingerprint density at radius 1 is 1.33 bits per heavy atom. The molecule has 0 heterocycles. The lowest BCUT2D eigenvalue weighted by Gasteiger charge is -2.12. The highest BCUT2D eigenvalue weighted by atomic mass is 35.5. The maximum atomic E-state index is 12.4. The van der Waals surface area contributed by atoms with E-state index in [-0.39, 0.29) is 10.6 Å². The highest BCUT2D eigenvalue weighted by molar-refractivity contribution is 6.30. The van der Waals surface area contributed by atoms with Gasteiger partial charge in [-0.25, -0.2) is 0 Å². The zero-order valence-corrected chi connectivity index (χ0v) is 8.73. The van der Waals surface area contributed by atoms with Crippen molar-refractivity contribution in [1.29, 1.82) is 0 Å². The summed E-state index contributed by atoms with van der Waals surface area (Å²) in [4.78, 5) is 0. The molecule has 0 aliphatic heterocycles. The van der Waals surface area contributed by atoms with Crippen LogP contribution in [0.3, 0.4) is 0 Å². The fourth-order valence-electron chi connectivity index (χ4n) is 1.20. The summed E-state index contributed by atoms with van der Waals surface area (Å²) in [6.45, 7) is 1.68. The van der Waals surface area contributed by atoms with Gasteiger partial charge in [-0.1, -0.05) is 18.5 Å². The molecule has 0 spiro atoms. The van der Waals surface area contributed by atoms with E-state index in [9.17, 15) is 18.3 Å². The Balaban J connectivity index is 3.17. The zero-order valence-electron chi connectivity index (χ0n) is 7.98. The smallest absolute Gasteiger partial charge is 0.388 e. The van der Waals surface area contributed by atoms with E-state index in [1.165, 1.54) is 6.07 Å². The third-order valence-electron chi connectivity index (χ3n) is 2.02. The van der Waals surface area contributed by atoms with Crippen LogP contribution in [0.1, 0.15) is 30.6 Å². The van der Waals surface area contributed by atoms with E-state index in [1.807, 2.05) is 0 Å². The minimum Gasteiger partial charge on any atom is -0.388 e. The number of alkyl halides is 3. The van der Waals surface area contributed by atoms with Gasteiger partial charge in [0.15, 0.2) is 0 Å². The van der Waals surface area contributed by atoms with Crippen LogP contribution in [0.4, 0.5) is 13.2 Å². The molecule has 0 saturated carbocycles. The Morgan fingerprint density at radius 2 is 1.93 bits per heavy atom. The summed E-state index contributed by atoms with van der Waals surface area (Å²) < 4.78 is 37.1. The Kier molecular flexibility index (Phi) is 3.62. The van der Waals surface area contributed by atoms with Gasteiger partial charge in [-0.3, -0.25) is 0 Å². The van der Waals surface area contributed by atoms with Crippen LogP contribution in [0, 0.1) is 0 Å². The molecule has 15 heavy (non-hydrogen) atoms. The molecule has 1 unspecified atom stereocenters. The molecule has 1 aromatic rings. The lowest BCUT2D eigenvalue weighted by molar-refractivity contribution is -0.137. The van der Waals surface area contributed by atoms with Gasteiger partial charge in [-0.2, -0.15) is 13.2 Å². The molecule has 0 fully saturated rings. The normalized spacial score (nSPS) is 14.0. The molecule has 0 aromatic heterocycles. The number of rotatable bonds is 2. The first-order valence-corrected chi connectivity index (χ1v) is 4.78. The van der Waals surface area contributed by atoms with Gasteiger partial charge in [-0.05, 0) is 30.2 Å². The predicted molar refractivity (Wildman–Crippen MR) is 51.7 cm³/mol. The summed E-state index contributed by atoms with van der Waals surface area (Å²) >= 11 is 5.55. The van der Waals surface area contributed by atoms with Crippen LogP contribution in [0.2, 0.25) is 5.02 Å². The van der Waals surface area contributed by atoms with E-state index in [4.69, 9.17) is 11.6 Å². The molecule has 84 valence electrons. The van der Waals surface area contributed by atoms with Gasteiger partial charge in [0.05, 0.1) is 11.7 Å². The fourth-order valence-corrected chi connectivity index (χ4v) is 1.45. The van der Waals surface area contributed by atoms with Crippen LogP contribution in [-0.2, 0) is 6.18 Å². The number of aliphatic hydroxyl groups is 1. The highest BCUT2D eigenvalue weighted by Crippen LogP contribution is 2.33. The lowest BCUT2D eigenvalue weighted by Crippen LogP contribution is -2.07. The average molecular weight is 239 g/mol. The van der Waals surface area contributed by atoms with Crippen LogP contribution >= 0.6 is 11.6 Å². The SMILES string of the molecule is CCC(O)c1cc(Cl)cc(C(F)(F)F)c1. The van der Waals surface area contributed by atoms with Gasteiger partial charge < -0.3 is 5.11 Å². The first kappa shape index (κ1) is 12.3. The molecule has 1 nitrogen and oxygen atoms in total. The van der Waals surface area contributed by atoms with Gasteiger partial charge in [0, 0.05) is 5.02 Å². The summed E-state index contributed by atoms with van der Waals surface area (Å²) in [7, 11) is 0. The van der Waals surface area contributed by atoms with Gasteiger partial charge >= 0.3 is 6.18 Å². The van der Waals surface area contributed by atoms with E-state index in [1.54, 1.807) is 6.92 Å². The molecule has 0 aliphatic rings. The maximum absolute atomic E-state index is 12.4. The molecule has 1 rings (SSSR count). The summed E-state index contributed by atoms with van der Waals surface area (Å²) in [5.41, 5.74) is -0.644. The largest absolute Gasteiger partial charge is 0.416 e. The van der Waals surface area contributed by atoms with Crippen molar-refractivity contribution in [2.45, 2.75) is 25.6 Å². The molecular weight excluding hydrogens is 229 g/mol. The van der Waals surface area contributed by atoms with E-state index in [2.05, 4.69) is 0 Å². The highest BCUT2D eigenvalue weighted by Gasteiger charge is 2.31. The van der Waals surface area contributed by atoms with E-state index in [0.717, 1.165) is 12.1 Å². The van der Waals surface area contributed by atoms with Crippen molar-refractivity contribution in [2.24, 2.45) is 0 Å². The fraction of sp³-hybridized carbons (Fsp3) is 0.400.